The molecule has 0 fully saturated rings. The quantitative estimate of drug-likeness (QED) is 0.170. The molecule has 8 aromatic rings. The summed E-state index contributed by atoms with van der Waals surface area (Å²) in [5.74, 6) is 0.439. The van der Waals surface area contributed by atoms with E-state index < -0.39 is 0 Å². The van der Waals surface area contributed by atoms with Crippen LogP contribution in [0.15, 0.2) is 152 Å². The number of hydrogen-bond donors (Lipinski definition) is 0. The summed E-state index contributed by atoms with van der Waals surface area (Å²) >= 11 is 3.86. The van der Waals surface area contributed by atoms with Gasteiger partial charge in [0.05, 0.1) is 0 Å². The zero-order valence-corrected chi connectivity index (χ0v) is 26.4. The molecule has 6 aromatic carbocycles. The van der Waals surface area contributed by atoms with E-state index in [0.717, 1.165) is 12.8 Å². The molecule has 45 heavy (non-hydrogen) atoms. The first-order valence-corrected chi connectivity index (χ1v) is 17.3. The maximum atomic E-state index is 2.50. The van der Waals surface area contributed by atoms with Crippen LogP contribution in [-0.4, -0.2) is 0 Å². The Morgan fingerprint density at radius 1 is 0.556 bits per heavy atom. The van der Waals surface area contributed by atoms with Crippen molar-refractivity contribution in [1.29, 1.82) is 0 Å². The van der Waals surface area contributed by atoms with Gasteiger partial charge in [-0.25, -0.2) is 0 Å². The molecule has 0 nitrogen and oxygen atoms in total. The largest absolute Gasteiger partial charge is 0.140 e. The van der Waals surface area contributed by atoms with Crippen molar-refractivity contribution in [3.63, 3.8) is 0 Å². The molecular formula is C43H30S2. The number of hydrogen-bond acceptors (Lipinski definition) is 2. The van der Waals surface area contributed by atoms with Crippen molar-refractivity contribution >= 4 is 64.4 Å². The van der Waals surface area contributed by atoms with Crippen LogP contribution in [0.4, 0.5) is 0 Å². The van der Waals surface area contributed by atoms with E-state index in [-0.39, 0.29) is 0 Å². The summed E-state index contributed by atoms with van der Waals surface area (Å²) in [6.45, 7) is 0. The molecule has 0 bridgehead atoms. The molecule has 2 heteroatoms. The van der Waals surface area contributed by atoms with Crippen LogP contribution < -0.4 is 0 Å². The molecule has 1 atom stereocenters. The first kappa shape index (κ1) is 26.6. The third-order valence-corrected chi connectivity index (χ3v) is 11.6. The Labute approximate surface area is 271 Å². The van der Waals surface area contributed by atoms with Gasteiger partial charge in [-0.3, -0.25) is 0 Å². The average Bonchev–Trinajstić information content (AvgIpc) is 3.75. The van der Waals surface area contributed by atoms with Crippen molar-refractivity contribution in [3.8, 4) is 21.6 Å². The summed E-state index contributed by atoms with van der Waals surface area (Å²) in [4.78, 5) is 2.76. The van der Waals surface area contributed by atoms with Gasteiger partial charge in [0.25, 0.3) is 0 Å². The Hall–Kier alpha value is -4.76. The second-order valence-corrected chi connectivity index (χ2v) is 14.2. The maximum Gasteiger partial charge on any atom is 0.0355 e. The number of rotatable bonds is 5. The third kappa shape index (κ3) is 4.56. The molecule has 9 rings (SSSR count). The van der Waals surface area contributed by atoms with E-state index in [1.165, 1.54) is 79.3 Å². The van der Waals surface area contributed by atoms with Crippen LogP contribution in [0.25, 0.3) is 63.3 Å². The highest BCUT2D eigenvalue weighted by atomic mass is 32.1. The highest BCUT2D eigenvalue weighted by molar-refractivity contribution is 7.22. The predicted molar refractivity (Wildman–Crippen MR) is 198 cm³/mol. The SMILES string of the molecule is C1=CCC(c2cc3c(ccc4c5ccc6sc(-c7ccccc7)cc6c5c(Cc5ccccc5)c(-c5ccccc5)c34)s2)C=C1. The summed E-state index contributed by atoms with van der Waals surface area (Å²) in [5, 5.41) is 8.18. The second-order valence-electron chi connectivity index (χ2n) is 12.0. The topological polar surface area (TPSA) is 0 Å². The molecule has 0 amide bonds. The zero-order chi connectivity index (χ0) is 29.7. The van der Waals surface area contributed by atoms with Crippen molar-refractivity contribution in [3.05, 3.63) is 168 Å². The Bertz CT molecular complexity index is 2410. The van der Waals surface area contributed by atoms with Gasteiger partial charge in [-0.2, -0.15) is 0 Å². The van der Waals surface area contributed by atoms with Crippen LogP contribution in [0.5, 0.6) is 0 Å². The van der Waals surface area contributed by atoms with Gasteiger partial charge in [0, 0.05) is 35.8 Å². The highest BCUT2D eigenvalue weighted by Crippen LogP contribution is 2.49. The summed E-state index contributed by atoms with van der Waals surface area (Å²) in [6.07, 6.45) is 11.0. The van der Waals surface area contributed by atoms with Crippen molar-refractivity contribution in [2.75, 3.05) is 0 Å². The molecule has 0 spiro atoms. The van der Waals surface area contributed by atoms with Gasteiger partial charge < -0.3 is 0 Å². The second kappa shape index (κ2) is 11.0. The predicted octanol–water partition coefficient (Wildman–Crippen LogP) is 12.9. The van der Waals surface area contributed by atoms with Crippen LogP contribution in [0.3, 0.4) is 0 Å². The first-order chi connectivity index (χ1) is 22.3. The third-order valence-electron chi connectivity index (χ3n) is 9.26. The van der Waals surface area contributed by atoms with E-state index in [2.05, 4.69) is 152 Å². The van der Waals surface area contributed by atoms with Crippen LogP contribution in [0.2, 0.25) is 0 Å². The van der Waals surface area contributed by atoms with Crippen molar-refractivity contribution in [2.24, 2.45) is 0 Å². The van der Waals surface area contributed by atoms with Gasteiger partial charge in [-0.1, -0.05) is 127 Å². The van der Waals surface area contributed by atoms with E-state index >= 15 is 0 Å². The molecule has 1 aliphatic carbocycles. The van der Waals surface area contributed by atoms with Crippen molar-refractivity contribution < 1.29 is 0 Å². The van der Waals surface area contributed by atoms with E-state index in [1.807, 2.05) is 22.7 Å². The van der Waals surface area contributed by atoms with E-state index in [9.17, 15) is 0 Å². The molecule has 0 saturated carbocycles. The smallest absolute Gasteiger partial charge is 0.0355 e. The van der Waals surface area contributed by atoms with Crippen molar-refractivity contribution in [1.82, 2.24) is 0 Å². The molecule has 2 aromatic heterocycles. The first-order valence-electron chi connectivity index (χ1n) is 15.7. The lowest BCUT2D eigenvalue weighted by molar-refractivity contribution is 0.874. The van der Waals surface area contributed by atoms with Gasteiger partial charge in [0.2, 0.25) is 0 Å². The minimum atomic E-state index is 0.439. The molecule has 2 heterocycles. The minimum Gasteiger partial charge on any atom is -0.140 e. The van der Waals surface area contributed by atoms with Gasteiger partial charge in [-0.15, -0.1) is 22.7 Å². The van der Waals surface area contributed by atoms with Crippen LogP contribution in [0, 0.1) is 0 Å². The van der Waals surface area contributed by atoms with Crippen LogP contribution >= 0.6 is 22.7 Å². The lowest BCUT2D eigenvalue weighted by Gasteiger charge is -2.20. The minimum absolute atomic E-state index is 0.439. The fourth-order valence-corrected chi connectivity index (χ4v) is 9.42. The number of fused-ring (bicyclic) bond motifs is 7. The van der Waals surface area contributed by atoms with E-state index in [1.54, 1.807) is 0 Å². The fourth-order valence-electron chi connectivity index (χ4n) is 7.18. The van der Waals surface area contributed by atoms with Gasteiger partial charge in [0.1, 0.15) is 0 Å². The number of benzene rings is 6. The lowest BCUT2D eigenvalue weighted by Crippen LogP contribution is -1.97. The van der Waals surface area contributed by atoms with Crippen LogP contribution in [-0.2, 0) is 6.42 Å². The average molecular weight is 611 g/mol. The molecule has 0 aliphatic heterocycles. The highest BCUT2D eigenvalue weighted by Gasteiger charge is 2.23. The number of thiophene rings is 2. The lowest BCUT2D eigenvalue weighted by atomic mass is 9.83. The Morgan fingerprint density at radius 3 is 1.91 bits per heavy atom. The summed E-state index contributed by atoms with van der Waals surface area (Å²) in [5.41, 5.74) is 6.68. The monoisotopic (exact) mass is 610 g/mol. The summed E-state index contributed by atoms with van der Waals surface area (Å²) in [6, 6.07) is 47.4. The fraction of sp³-hybridized carbons (Fsp3) is 0.0698. The Kier molecular flexibility index (Phi) is 6.51. The van der Waals surface area contributed by atoms with Gasteiger partial charge in [-0.05, 0) is 86.5 Å². The molecular weight excluding hydrogens is 581 g/mol. The van der Waals surface area contributed by atoms with E-state index in [0.29, 0.717) is 5.92 Å². The normalized spacial score (nSPS) is 14.7. The van der Waals surface area contributed by atoms with Gasteiger partial charge >= 0.3 is 0 Å². The zero-order valence-electron chi connectivity index (χ0n) is 24.7. The molecule has 0 saturated heterocycles. The molecule has 214 valence electrons. The summed E-state index contributed by atoms with van der Waals surface area (Å²) in [7, 11) is 0. The van der Waals surface area contributed by atoms with Gasteiger partial charge in [0.15, 0.2) is 0 Å². The number of allylic oxidation sites excluding steroid dienone is 4. The summed E-state index contributed by atoms with van der Waals surface area (Å²) < 4.78 is 2.70. The Morgan fingerprint density at radius 2 is 1.20 bits per heavy atom. The standard InChI is InChI=1S/C43H30S2/c1-5-13-28(14-6-1)25-36-41(31-19-11-4-12-20-31)43-33(22-24-38-35(43)27-40(45-38)30-17-9-3-10-18-30)32-21-23-37-34(42(32)36)26-39(44-37)29-15-7-2-8-16-29/h1-17,19-24,26-27,30H,18,25H2. The molecule has 0 N–H and O–H groups in total. The maximum absolute atomic E-state index is 2.50. The molecule has 0 radical (unpaired) electrons. The van der Waals surface area contributed by atoms with Crippen LogP contribution in [0.1, 0.15) is 28.3 Å². The molecule has 1 unspecified atom stereocenters. The molecule has 1 aliphatic rings. The van der Waals surface area contributed by atoms with E-state index in [4.69, 9.17) is 0 Å². The van der Waals surface area contributed by atoms with Crippen molar-refractivity contribution in [2.45, 2.75) is 18.8 Å². The Balaban J connectivity index is 1.44.